The van der Waals surface area contributed by atoms with Gasteiger partial charge in [-0.15, -0.1) is 13.2 Å². The average Bonchev–Trinajstić information content (AvgIpc) is 2.88. The van der Waals surface area contributed by atoms with Crippen LogP contribution in [-0.4, -0.2) is 41.0 Å². The van der Waals surface area contributed by atoms with Gasteiger partial charge in [-0.25, -0.2) is 4.79 Å². The zero-order valence-corrected chi connectivity index (χ0v) is 23.0. The second-order valence-electron chi connectivity index (χ2n) is 8.00. The van der Waals surface area contributed by atoms with Gasteiger partial charge in [0.1, 0.15) is 17.5 Å². The van der Waals surface area contributed by atoms with E-state index in [1.54, 1.807) is 24.3 Å². The molecule has 0 fully saturated rings. The van der Waals surface area contributed by atoms with Crippen LogP contribution in [0.3, 0.4) is 0 Å². The van der Waals surface area contributed by atoms with E-state index in [1.807, 2.05) is 30.3 Å². The molecule has 0 spiro atoms. The summed E-state index contributed by atoms with van der Waals surface area (Å²) in [6, 6.07) is 19.2. The summed E-state index contributed by atoms with van der Waals surface area (Å²) >= 11 is 3.38. The van der Waals surface area contributed by atoms with E-state index >= 15 is 0 Å². The van der Waals surface area contributed by atoms with Crippen LogP contribution in [0.1, 0.15) is 21.5 Å². The summed E-state index contributed by atoms with van der Waals surface area (Å²) in [4.78, 5) is 37.8. The van der Waals surface area contributed by atoms with Gasteiger partial charge in [-0.05, 0) is 76.2 Å². The van der Waals surface area contributed by atoms with E-state index in [1.165, 1.54) is 30.0 Å². The summed E-state index contributed by atoms with van der Waals surface area (Å²) in [6.07, 6.45) is -3.64. The Bertz CT molecular complexity index is 1320. The normalized spacial score (nSPS) is 12.4. The summed E-state index contributed by atoms with van der Waals surface area (Å²) in [6.45, 7) is 0. The predicted octanol–water partition coefficient (Wildman–Crippen LogP) is 5.46. The van der Waals surface area contributed by atoms with Crippen molar-refractivity contribution in [3.05, 3.63) is 105 Å². The zero-order chi connectivity index (χ0) is 28.4. The fraction of sp³-hybridized carbons (Fsp3) is 0.148. The van der Waals surface area contributed by atoms with Gasteiger partial charge in [0.15, 0.2) is 0 Å². The molecule has 204 valence electrons. The first-order valence-corrected chi connectivity index (χ1v) is 13.5. The standard InChI is InChI=1S/C27H22F3IN2O5S/c28-27(29,30)38-21-12-6-17(7-13-21)14-22(32-24(34)19-8-10-20(31)11-9-19)25(35)33-23(26(36)37)16-39-15-18-4-2-1-3-5-18/h1-14,23H,15-16H2,(H,32,34)(H,33,35)(H,36,37). The Labute approximate surface area is 240 Å². The van der Waals surface area contributed by atoms with Crippen LogP contribution in [0.15, 0.2) is 84.6 Å². The molecule has 1 unspecified atom stereocenters. The summed E-state index contributed by atoms with van der Waals surface area (Å²) < 4.78 is 42.2. The van der Waals surface area contributed by atoms with Crippen molar-refractivity contribution in [3.63, 3.8) is 0 Å². The van der Waals surface area contributed by atoms with Crippen molar-refractivity contribution < 1.29 is 37.4 Å². The van der Waals surface area contributed by atoms with Gasteiger partial charge in [-0.1, -0.05) is 42.5 Å². The number of halogens is 4. The van der Waals surface area contributed by atoms with Gasteiger partial charge in [0.25, 0.3) is 11.8 Å². The van der Waals surface area contributed by atoms with E-state index in [0.717, 1.165) is 21.3 Å². The van der Waals surface area contributed by atoms with Gasteiger partial charge in [0.2, 0.25) is 0 Å². The highest BCUT2D eigenvalue weighted by Crippen LogP contribution is 2.23. The molecule has 0 saturated heterocycles. The summed E-state index contributed by atoms with van der Waals surface area (Å²) in [7, 11) is 0. The topological polar surface area (TPSA) is 105 Å². The molecule has 7 nitrogen and oxygen atoms in total. The molecular weight excluding hydrogens is 648 g/mol. The lowest BCUT2D eigenvalue weighted by Gasteiger charge is -2.17. The number of carboxylic acid groups (broad SMARTS) is 1. The number of hydrogen-bond donors (Lipinski definition) is 3. The number of amides is 2. The first-order valence-electron chi connectivity index (χ1n) is 11.3. The molecule has 12 heteroatoms. The number of carbonyl (C=O) groups excluding carboxylic acids is 2. The molecule has 3 aromatic carbocycles. The van der Waals surface area contributed by atoms with E-state index in [4.69, 9.17) is 0 Å². The Kier molecular flexibility index (Phi) is 10.8. The van der Waals surface area contributed by atoms with Gasteiger partial charge >= 0.3 is 12.3 Å². The van der Waals surface area contributed by atoms with E-state index in [2.05, 4.69) is 38.0 Å². The lowest BCUT2D eigenvalue weighted by atomic mass is 10.1. The Morgan fingerprint density at radius 2 is 1.62 bits per heavy atom. The maximum atomic E-state index is 13.1. The number of benzene rings is 3. The van der Waals surface area contributed by atoms with E-state index in [9.17, 15) is 32.7 Å². The molecule has 0 aliphatic carbocycles. The molecule has 3 aromatic rings. The Hall–Kier alpha value is -3.52. The molecule has 0 aromatic heterocycles. The van der Waals surface area contributed by atoms with Crippen LogP contribution < -0.4 is 15.4 Å². The molecule has 3 rings (SSSR count). The summed E-state index contributed by atoms with van der Waals surface area (Å²) in [5.41, 5.74) is 1.21. The molecule has 2 amide bonds. The molecular formula is C27H22F3IN2O5S. The lowest BCUT2D eigenvalue weighted by molar-refractivity contribution is -0.274. The minimum atomic E-state index is -4.87. The SMILES string of the molecule is O=C(NC(CSCc1ccccc1)C(=O)O)C(=Cc1ccc(OC(F)(F)F)cc1)NC(=O)c1ccc(I)cc1. The number of ether oxygens (including phenoxy) is 1. The highest BCUT2D eigenvalue weighted by atomic mass is 127. The predicted molar refractivity (Wildman–Crippen MR) is 150 cm³/mol. The van der Waals surface area contributed by atoms with E-state index in [0.29, 0.717) is 5.75 Å². The fourth-order valence-electron chi connectivity index (χ4n) is 3.17. The molecule has 0 bridgehead atoms. The van der Waals surface area contributed by atoms with Crippen LogP contribution in [0.25, 0.3) is 6.08 Å². The van der Waals surface area contributed by atoms with Crippen LogP contribution in [0, 0.1) is 3.57 Å². The van der Waals surface area contributed by atoms with Crippen molar-refractivity contribution in [1.29, 1.82) is 0 Å². The number of aliphatic carboxylic acids is 1. The van der Waals surface area contributed by atoms with Gasteiger partial charge in [0.05, 0.1) is 0 Å². The number of carbonyl (C=O) groups is 3. The van der Waals surface area contributed by atoms with Crippen LogP contribution in [-0.2, 0) is 15.3 Å². The van der Waals surface area contributed by atoms with Gasteiger partial charge in [-0.2, -0.15) is 11.8 Å². The second kappa shape index (κ2) is 14.0. The van der Waals surface area contributed by atoms with Crippen LogP contribution in [0.4, 0.5) is 13.2 Å². The van der Waals surface area contributed by atoms with E-state index in [-0.39, 0.29) is 22.6 Å². The average molecular weight is 670 g/mol. The monoisotopic (exact) mass is 670 g/mol. The van der Waals surface area contributed by atoms with Gasteiger partial charge in [-0.3, -0.25) is 9.59 Å². The largest absolute Gasteiger partial charge is 0.573 e. The first kappa shape index (κ1) is 30.0. The molecule has 0 saturated carbocycles. The molecule has 0 aliphatic heterocycles. The number of carboxylic acids is 1. The molecule has 1 atom stereocenters. The van der Waals surface area contributed by atoms with Crippen LogP contribution in [0.5, 0.6) is 5.75 Å². The fourth-order valence-corrected chi connectivity index (χ4v) is 4.53. The van der Waals surface area contributed by atoms with Crippen molar-refractivity contribution in [3.8, 4) is 5.75 Å². The van der Waals surface area contributed by atoms with Crippen molar-refractivity contribution >= 4 is 58.2 Å². The van der Waals surface area contributed by atoms with Crippen molar-refractivity contribution in [1.82, 2.24) is 10.6 Å². The number of thioether (sulfide) groups is 1. The van der Waals surface area contributed by atoms with E-state index < -0.39 is 35.9 Å². The Morgan fingerprint density at radius 1 is 0.974 bits per heavy atom. The summed E-state index contributed by atoms with van der Waals surface area (Å²) in [5.74, 6) is -2.65. The Morgan fingerprint density at radius 3 is 2.21 bits per heavy atom. The second-order valence-corrected chi connectivity index (χ2v) is 10.3. The van der Waals surface area contributed by atoms with Crippen LogP contribution in [0.2, 0.25) is 0 Å². The molecule has 39 heavy (non-hydrogen) atoms. The third kappa shape index (κ3) is 10.3. The Balaban J connectivity index is 1.79. The third-order valence-electron chi connectivity index (χ3n) is 5.02. The lowest BCUT2D eigenvalue weighted by Crippen LogP contribution is -2.45. The number of nitrogens with one attached hydrogen (secondary N) is 2. The first-order chi connectivity index (χ1) is 18.5. The highest BCUT2D eigenvalue weighted by Gasteiger charge is 2.31. The smallest absolute Gasteiger partial charge is 0.480 e. The number of alkyl halides is 3. The molecule has 0 heterocycles. The van der Waals surface area contributed by atoms with Gasteiger partial charge in [0, 0.05) is 20.6 Å². The minimum absolute atomic E-state index is 0.0534. The van der Waals surface area contributed by atoms with Crippen LogP contribution >= 0.6 is 34.4 Å². The molecule has 0 radical (unpaired) electrons. The van der Waals surface area contributed by atoms with Crippen molar-refractivity contribution in [2.75, 3.05) is 5.75 Å². The van der Waals surface area contributed by atoms with Crippen molar-refractivity contribution in [2.24, 2.45) is 0 Å². The minimum Gasteiger partial charge on any atom is -0.480 e. The number of hydrogen-bond acceptors (Lipinski definition) is 5. The maximum absolute atomic E-state index is 13.1. The summed E-state index contributed by atoms with van der Waals surface area (Å²) in [5, 5.41) is 14.6. The molecule has 0 aliphatic rings. The van der Waals surface area contributed by atoms with Gasteiger partial charge < -0.3 is 20.5 Å². The zero-order valence-electron chi connectivity index (χ0n) is 20.1. The quantitative estimate of drug-likeness (QED) is 0.185. The molecule has 3 N–H and O–H groups in total. The number of rotatable bonds is 11. The maximum Gasteiger partial charge on any atom is 0.573 e. The third-order valence-corrected chi connectivity index (χ3v) is 6.85. The van der Waals surface area contributed by atoms with Crippen molar-refractivity contribution in [2.45, 2.75) is 18.2 Å². The highest BCUT2D eigenvalue weighted by molar-refractivity contribution is 14.1.